The average molecular weight is 182 g/mol. The molecule has 0 amide bonds. The second kappa shape index (κ2) is 4.07. The van der Waals surface area contributed by atoms with Crippen molar-refractivity contribution in [2.75, 3.05) is 0 Å². The molecule has 1 aromatic rings. The molecule has 13 heavy (non-hydrogen) atoms. The molecule has 0 spiro atoms. The lowest BCUT2D eigenvalue weighted by atomic mass is 10.3. The molecular weight excluding hydrogens is 168 g/mol. The van der Waals surface area contributed by atoms with Gasteiger partial charge < -0.3 is 9.90 Å². The Labute approximate surface area is 77.4 Å². The molecule has 4 heteroatoms. The van der Waals surface area contributed by atoms with E-state index in [-0.39, 0.29) is 5.69 Å². The van der Waals surface area contributed by atoms with Crippen molar-refractivity contribution >= 4 is 5.97 Å². The molecule has 0 N–H and O–H groups in total. The average Bonchev–Trinajstić information content (AvgIpc) is 2.43. The van der Waals surface area contributed by atoms with Gasteiger partial charge in [0.25, 0.3) is 0 Å². The maximum atomic E-state index is 10.7. The largest absolute Gasteiger partial charge is 0.541 e. The first kappa shape index (κ1) is 9.77. The van der Waals surface area contributed by atoms with Crippen LogP contribution in [-0.2, 0) is 13.6 Å². The molecule has 0 bridgehead atoms. The first-order chi connectivity index (χ1) is 6.15. The summed E-state index contributed by atoms with van der Waals surface area (Å²) in [4.78, 5) is 10.7. The van der Waals surface area contributed by atoms with E-state index >= 15 is 0 Å². The number of aryl methyl sites for hydroxylation is 2. The van der Waals surface area contributed by atoms with Gasteiger partial charge >= 0.3 is 0 Å². The Morgan fingerprint density at radius 3 is 2.92 bits per heavy atom. The Morgan fingerprint density at radius 2 is 2.38 bits per heavy atom. The van der Waals surface area contributed by atoms with Gasteiger partial charge in [-0.25, -0.2) is 9.13 Å². The lowest BCUT2D eigenvalue weighted by Crippen LogP contribution is -2.26. The van der Waals surface area contributed by atoms with Crippen LogP contribution in [0.2, 0.25) is 0 Å². The molecule has 0 fully saturated rings. The number of carboxylic acids is 1. The zero-order valence-electron chi connectivity index (χ0n) is 7.99. The molecule has 1 aromatic heterocycles. The predicted molar refractivity (Wildman–Crippen MR) is 44.8 cm³/mol. The lowest BCUT2D eigenvalue weighted by Gasteiger charge is -2.00. The van der Waals surface area contributed by atoms with E-state index in [9.17, 15) is 9.90 Å². The van der Waals surface area contributed by atoms with Gasteiger partial charge in [0.1, 0.15) is 12.2 Å². The zero-order chi connectivity index (χ0) is 9.84. The van der Waals surface area contributed by atoms with E-state index in [1.807, 2.05) is 0 Å². The topological polar surface area (TPSA) is 48.9 Å². The third-order valence-corrected chi connectivity index (χ3v) is 1.92. The van der Waals surface area contributed by atoms with Crippen LogP contribution >= 0.6 is 0 Å². The summed E-state index contributed by atoms with van der Waals surface area (Å²) in [5.41, 5.74) is 0.246. The minimum atomic E-state index is -1.11. The number of carbonyl (C=O) groups excluding carboxylic acids is 1. The number of carbonyl (C=O) groups is 1. The van der Waals surface area contributed by atoms with Crippen molar-refractivity contribution in [2.24, 2.45) is 7.05 Å². The number of carboxylic acid groups (broad SMARTS) is 1. The number of hydrogen-bond donors (Lipinski definition) is 0. The second-order valence-electron chi connectivity index (χ2n) is 3.13. The Morgan fingerprint density at radius 1 is 1.69 bits per heavy atom. The quantitative estimate of drug-likeness (QED) is 0.588. The number of imidazole rings is 1. The summed E-state index contributed by atoms with van der Waals surface area (Å²) in [6, 6.07) is 0. The molecule has 0 aliphatic heterocycles. The summed E-state index contributed by atoms with van der Waals surface area (Å²) in [6.45, 7) is 2.81. The number of hydrogen-bond acceptors (Lipinski definition) is 2. The molecule has 1 rings (SSSR count). The third kappa shape index (κ3) is 2.31. The van der Waals surface area contributed by atoms with Crippen molar-refractivity contribution in [3.63, 3.8) is 0 Å². The van der Waals surface area contributed by atoms with Crippen molar-refractivity contribution in [1.82, 2.24) is 4.57 Å². The van der Waals surface area contributed by atoms with Crippen LogP contribution in [0.1, 0.15) is 30.3 Å². The van der Waals surface area contributed by atoms with E-state index in [1.54, 1.807) is 28.7 Å². The predicted octanol–water partition coefficient (Wildman–Crippen LogP) is -0.524. The van der Waals surface area contributed by atoms with Crippen molar-refractivity contribution in [2.45, 2.75) is 26.3 Å². The van der Waals surface area contributed by atoms with Crippen LogP contribution in [0.25, 0.3) is 0 Å². The molecule has 4 nitrogen and oxygen atoms in total. The summed E-state index contributed by atoms with van der Waals surface area (Å²) in [5, 5.41) is 10.7. The summed E-state index contributed by atoms with van der Waals surface area (Å²) >= 11 is 0. The Balaban J connectivity index is 2.84. The maximum absolute atomic E-state index is 10.7. The summed E-state index contributed by atoms with van der Waals surface area (Å²) in [5.74, 6) is -1.11. The smallest absolute Gasteiger partial charge is 0.244 e. The highest BCUT2D eigenvalue weighted by atomic mass is 16.4. The Kier molecular flexibility index (Phi) is 3.06. The molecule has 0 atom stereocenters. The number of rotatable bonds is 4. The fourth-order valence-electron chi connectivity index (χ4n) is 1.26. The molecule has 0 saturated carbocycles. The van der Waals surface area contributed by atoms with E-state index in [0.717, 1.165) is 19.4 Å². The van der Waals surface area contributed by atoms with Crippen LogP contribution in [0.4, 0.5) is 0 Å². The first-order valence-electron chi connectivity index (χ1n) is 4.42. The highest BCUT2D eigenvalue weighted by Crippen LogP contribution is 1.99. The van der Waals surface area contributed by atoms with Crippen LogP contribution in [0, 0.1) is 0 Å². The molecule has 0 unspecified atom stereocenters. The van der Waals surface area contributed by atoms with E-state index in [4.69, 9.17) is 0 Å². The second-order valence-corrected chi connectivity index (χ2v) is 3.13. The normalized spacial score (nSPS) is 10.3. The molecule has 0 aromatic carbocycles. The van der Waals surface area contributed by atoms with Gasteiger partial charge in [0, 0.05) is 0 Å². The minimum Gasteiger partial charge on any atom is -0.541 e. The first-order valence-corrected chi connectivity index (χ1v) is 4.42. The van der Waals surface area contributed by atoms with Crippen molar-refractivity contribution in [1.29, 1.82) is 0 Å². The van der Waals surface area contributed by atoms with E-state index in [0.29, 0.717) is 0 Å². The standard InChI is InChI=1S/C9H14N2O2/c1-3-4-5-11-7-10(2)6-8(11)9(12)13/h6-7H,3-5H2,1-2H3. The Hall–Kier alpha value is -1.32. The van der Waals surface area contributed by atoms with Crippen LogP contribution in [-0.4, -0.2) is 10.5 Å². The van der Waals surface area contributed by atoms with Crippen LogP contribution in [0.15, 0.2) is 12.5 Å². The molecule has 0 aliphatic carbocycles. The van der Waals surface area contributed by atoms with E-state index < -0.39 is 5.97 Å². The number of nitrogens with zero attached hydrogens (tertiary/aromatic N) is 2. The van der Waals surface area contributed by atoms with E-state index in [1.165, 1.54) is 0 Å². The van der Waals surface area contributed by atoms with Crippen LogP contribution in [0.3, 0.4) is 0 Å². The number of aromatic carboxylic acids is 1. The number of unbranched alkanes of at least 4 members (excludes halogenated alkanes) is 1. The highest BCUT2D eigenvalue weighted by molar-refractivity contribution is 5.82. The van der Waals surface area contributed by atoms with E-state index in [2.05, 4.69) is 6.92 Å². The molecule has 0 aliphatic rings. The summed E-state index contributed by atoms with van der Waals surface area (Å²) < 4.78 is 3.43. The van der Waals surface area contributed by atoms with Gasteiger partial charge in [-0.3, -0.25) is 0 Å². The minimum absolute atomic E-state index is 0.246. The van der Waals surface area contributed by atoms with Gasteiger partial charge in [-0.05, 0) is 6.42 Å². The van der Waals surface area contributed by atoms with Gasteiger partial charge in [0.05, 0.1) is 13.6 Å². The van der Waals surface area contributed by atoms with Gasteiger partial charge in [-0.15, -0.1) is 0 Å². The fourth-order valence-corrected chi connectivity index (χ4v) is 1.26. The molecule has 1 heterocycles. The van der Waals surface area contributed by atoms with Gasteiger partial charge in [0.15, 0.2) is 5.69 Å². The van der Waals surface area contributed by atoms with Gasteiger partial charge in [-0.2, -0.15) is 0 Å². The highest BCUT2D eigenvalue weighted by Gasteiger charge is 2.11. The summed E-state index contributed by atoms with van der Waals surface area (Å²) in [6.07, 6.45) is 5.36. The summed E-state index contributed by atoms with van der Waals surface area (Å²) in [7, 11) is 1.80. The maximum Gasteiger partial charge on any atom is 0.244 e. The van der Waals surface area contributed by atoms with Gasteiger partial charge in [-0.1, -0.05) is 13.3 Å². The zero-order valence-corrected chi connectivity index (χ0v) is 7.99. The van der Waals surface area contributed by atoms with Crippen molar-refractivity contribution in [3.8, 4) is 0 Å². The Bertz CT molecular complexity index is 305. The SMILES string of the molecule is CCCCn1c[n+](C)cc1C(=O)[O-]. The fraction of sp³-hybridized carbons (Fsp3) is 0.556. The molecule has 72 valence electrons. The van der Waals surface area contributed by atoms with Crippen LogP contribution in [0.5, 0.6) is 0 Å². The van der Waals surface area contributed by atoms with Gasteiger partial charge in [0.2, 0.25) is 6.33 Å². The molecular formula is C9H14N2O2. The lowest BCUT2D eigenvalue weighted by molar-refractivity contribution is -0.671. The third-order valence-electron chi connectivity index (χ3n) is 1.92. The van der Waals surface area contributed by atoms with Crippen molar-refractivity contribution < 1.29 is 14.5 Å². The van der Waals surface area contributed by atoms with Crippen LogP contribution < -0.4 is 9.67 Å². The molecule has 0 saturated heterocycles. The molecule has 0 radical (unpaired) electrons. The van der Waals surface area contributed by atoms with Crippen molar-refractivity contribution in [3.05, 3.63) is 18.2 Å². The monoisotopic (exact) mass is 182 g/mol. The number of aromatic nitrogens is 2.